The first-order chi connectivity index (χ1) is 11.5. The summed E-state index contributed by atoms with van der Waals surface area (Å²) in [5, 5.41) is 0. The van der Waals surface area contributed by atoms with Crippen molar-refractivity contribution in [1.29, 1.82) is 0 Å². The van der Waals surface area contributed by atoms with Crippen molar-refractivity contribution in [1.82, 2.24) is 14.0 Å². The molecule has 3 rings (SSSR count). The van der Waals surface area contributed by atoms with Crippen LogP contribution in [0.3, 0.4) is 0 Å². The minimum absolute atomic E-state index is 0.256. The van der Waals surface area contributed by atoms with E-state index < -0.39 is 0 Å². The fraction of sp³-hybridized carbons (Fsp3) is 0.412. The van der Waals surface area contributed by atoms with Gasteiger partial charge in [-0.05, 0) is 24.2 Å². The molecule has 0 amide bonds. The number of fused-ring (bicyclic) bond motifs is 1. The monoisotopic (exact) mass is 331 g/mol. The van der Waals surface area contributed by atoms with Crippen molar-refractivity contribution in [3.63, 3.8) is 0 Å². The molecule has 0 radical (unpaired) electrons. The topological polar surface area (TPSA) is 65.7 Å². The van der Waals surface area contributed by atoms with Gasteiger partial charge in [-0.25, -0.2) is 4.79 Å². The Kier molecular flexibility index (Phi) is 4.44. The minimum atomic E-state index is -0.309. The highest BCUT2D eigenvalue weighted by molar-refractivity contribution is 5.44. The van der Waals surface area contributed by atoms with Crippen LogP contribution in [-0.2, 0) is 27.2 Å². The maximum atomic E-state index is 12.0. The standard InChI is InChI=1S/C17H21N3O4/c1-4-20(9-12-5-6-14-15(7-12)24-11-23-14)10-13-8-16(21)19(3)17(22)18(13)2/h5-8H,4,9-11H2,1-3H3. The zero-order chi connectivity index (χ0) is 17.3. The summed E-state index contributed by atoms with van der Waals surface area (Å²) in [6.45, 7) is 4.30. The molecule has 2 heterocycles. The van der Waals surface area contributed by atoms with E-state index in [9.17, 15) is 9.59 Å². The van der Waals surface area contributed by atoms with Crippen LogP contribution in [0.4, 0.5) is 0 Å². The number of rotatable bonds is 5. The van der Waals surface area contributed by atoms with Gasteiger partial charge in [0.05, 0.1) is 0 Å². The lowest BCUT2D eigenvalue weighted by Crippen LogP contribution is -2.39. The molecule has 1 aliphatic heterocycles. The lowest BCUT2D eigenvalue weighted by Gasteiger charge is -2.22. The maximum Gasteiger partial charge on any atom is 0.330 e. The predicted molar refractivity (Wildman–Crippen MR) is 89.3 cm³/mol. The Morgan fingerprint density at radius 2 is 1.79 bits per heavy atom. The molecule has 7 nitrogen and oxygen atoms in total. The largest absolute Gasteiger partial charge is 0.454 e. The molecule has 0 N–H and O–H groups in total. The quantitative estimate of drug-likeness (QED) is 0.812. The van der Waals surface area contributed by atoms with Gasteiger partial charge < -0.3 is 9.47 Å². The summed E-state index contributed by atoms with van der Waals surface area (Å²) in [5.41, 5.74) is 1.20. The summed E-state index contributed by atoms with van der Waals surface area (Å²) in [6, 6.07) is 7.39. The van der Waals surface area contributed by atoms with Gasteiger partial charge in [0.1, 0.15) is 0 Å². The van der Waals surface area contributed by atoms with Crippen LogP contribution in [-0.4, -0.2) is 27.4 Å². The van der Waals surface area contributed by atoms with Crippen LogP contribution in [0.15, 0.2) is 33.9 Å². The molecule has 0 fully saturated rings. The molecular formula is C17H21N3O4. The Morgan fingerprint density at radius 1 is 1.04 bits per heavy atom. The fourth-order valence-corrected chi connectivity index (χ4v) is 2.74. The number of aromatic nitrogens is 2. The van der Waals surface area contributed by atoms with Crippen LogP contribution >= 0.6 is 0 Å². The van der Waals surface area contributed by atoms with Crippen molar-refractivity contribution in [2.75, 3.05) is 13.3 Å². The summed E-state index contributed by atoms with van der Waals surface area (Å²) in [5.74, 6) is 1.51. The van der Waals surface area contributed by atoms with E-state index >= 15 is 0 Å². The molecule has 1 aromatic carbocycles. The molecule has 1 aromatic heterocycles. The Labute approximate surface area is 139 Å². The summed E-state index contributed by atoms with van der Waals surface area (Å²) in [4.78, 5) is 26.1. The van der Waals surface area contributed by atoms with Gasteiger partial charge in [-0.3, -0.25) is 18.8 Å². The summed E-state index contributed by atoms with van der Waals surface area (Å²) in [6.07, 6.45) is 0. The van der Waals surface area contributed by atoms with E-state index in [2.05, 4.69) is 4.90 Å². The fourth-order valence-electron chi connectivity index (χ4n) is 2.74. The second-order valence-corrected chi connectivity index (χ2v) is 5.87. The molecular weight excluding hydrogens is 310 g/mol. The third-order valence-corrected chi connectivity index (χ3v) is 4.30. The van der Waals surface area contributed by atoms with Crippen LogP contribution in [0.5, 0.6) is 11.5 Å². The number of hydrogen-bond donors (Lipinski definition) is 0. The second kappa shape index (κ2) is 6.52. The van der Waals surface area contributed by atoms with Gasteiger partial charge in [0.15, 0.2) is 11.5 Å². The third kappa shape index (κ3) is 3.07. The summed E-state index contributed by atoms with van der Waals surface area (Å²) in [7, 11) is 3.17. The first kappa shape index (κ1) is 16.3. The smallest absolute Gasteiger partial charge is 0.330 e. The van der Waals surface area contributed by atoms with Gasteiger partial charge in [0.2, 0.25) is 6.79 Å². The van der Waals surface area contributed by atoms with Crippen LogP contribution in [0.1, 0.15) is 18.2 Å². The Hall–Kier alpha value is -2.54. The molecule has 0 spiro atoms. The number of nitrogens with zero attached hydrogens (tertiary/aromatic N) is 3. The van der Waals surface area contributed by atoms with E-state index in [0.717, 1.165) is 28.2 Å². The van der Waals surface area contributed by atoms with Gasteiger partial charge in [0, 0.05) is 38.9 Å². The van der Waals surface area contributed by atoms with Crippen molar-refractivity contribution >= 4 is 0 Å². The minimum Gasteiger partial charge on any atom is -0.454 e. The van der Waals surface area contributed by atoms with Crippen LogP contribution < -0.4 is 20.7 Å². The third-order valence-electron chi connectivity index (χ3n) is 4.30. The molecule has 128 valence electrons. The molecule has 0 saturated carbocycles. The summed E-state index contributed by atoms with van der Waals surface area (Å²) >= 11 is 0. The zero-order valence-corrected chi connectivity index (χ0v) is 14.1. The zero-order valence-electron chi connectivity index (χ0n) is 14.1. The van der Waals surface area contributed by atoms with Gasteiger partial charge in [-0.1, -0.05) is 13.0 Å². The number of hydrogen-bond acceptors (Lipinski definition) is 5. The van der Waals surface area contributed by atoms with Crippen LogP contribution in [0.25, 0.3) is 0 Å². The molecule has 0 bridgehead atoms. The van der Waals surface area contributed by atoms with Crippen molar-refractivity contribution in [2.45, 2.75) is 20.0 Å². The van der Waals surface area contributed by atoms with E-state index in [4.69, 9.17) is 9.47 Å². The van der Waals surface area contributed by atoms with Gasteiger partial charge in [-0.15, -0.1) is 0 Å². The highest BCUT2D eigenvalue weighted by Gasteiger charge is 2.15. The first-order valence-electron chi connectivity index (χ1n) is 7.86. The Balaban J connectivity index is 1.81. The molecule has 0 unspecified atom stereocenters. The molecule has 7 heteroatoms. The van der Waals surface area contributed by atoms with Gasteiger partial charge >= 0.3 is 5.69 Å². The van der Waals surface area contributed by atoms with E-state index in [1.807, 2.05) is 25.1 Å². The van der Waals surface area contributed by atoms with Crippen LogP contribution in [0.2, 0.25) is 0 Å². The molecule has 0 saturated heterocycles. The van der Waals surface area contributed by atoms with E-state index in [-0.39, 0.29) is 18.0 Å². The van der Waals surface area contributed by atoms with E-state index in [0.29, 0.717) is 18.8 Å². The van der Waals surface area contributed by atoms with Crippen molar-refractivity contribution in [2.24, 2.45) is 14.1 Å². The van der Waals surface area contributed by atoms with Crippen molar-refractivity contribution < 1.29 is 9.47 Å². The first-order valence-corrected chi connectivity index (χ1v) is 7.86. The average Bonchev–Trinajstić information content (AvgIpc) is 3.04. The molecule has 24 heavy (non-hydrogen) atoms. The Morgan fingerprint density at radius 3 is 2.54 bits per heavy atom. The predicted octanol–water partition coefficient (Wildman–Crippen LogP) is 0.835. The second-order valence-electron chi connectivity index (χ2n) is 5.87. The van der Waals surface area contributed by atoms with E-state index in [1.165, 1.54) is 17.7 Å². The molecule has 2 aromatic rings. The number of benzene rings is 1. The lowest BCUT2D eigenvalue weighted by molar-refractivity contribution is 0.174. The average molecular weight is 331 g/mol. The van der Waals surface area contributed by atoms with E-state index in [1.54, 1.807) is 7.05 Å². The summed E-state index contributed by atoms with van der Waals surface area (Å²) < 4.78 is 13.4. The van der Waals surface area contributed by atoms with Gasteiger partial charge in [-0.2, -0.15) is 0 Å². The highest BCUT2D eigenvalue weighted by Crippen LogP contribution is 2.32. The van der Waals surface area contributed by atoms with Crippen molar-refractivity contribution in [3.8, 4) is 11.5 Å². The SMILES string of the molecule is CCN(Cc1ccc2c(c1)OCO2)Cc1cc(=O)n(C)c(=O)n1C. The normalized spacial score (nSPS) is 12.8. The van der Waals surface area contributed by atoms with Crippen molar-refractivity contribution in [3.05, 3.63) is 56.4 Å². The Bertz CT molecular complexity index is 869. The van der Waals surface area contributed by atoms with Crippen LogP contribution in [0, 0.1) is 0 Å². The highest BCUT2D eigenvalue weighted by atomic mass is 16.7. The maximum absolute atomic E-state index is 12.0. The molecule has 0 atom stereocenters. The lowest BCUT2D eigenvalue weighted by atomic mass is 10.2. The number of ether oxygens (including phenoxy) is 2. The van der Waals surface area contributed by atoms with Gasteiger partial charge in [0.25, 0.3) is 5.56 Å². The molecule has 0 aliphatic carbocycles. The molecule has 1 aliphatic rings.